The number of nitrogens with one attached hydrogen (secondary N) is 2. The van der Waals surface area contributed by atoms with Crippen LogP contribution in [0.5, 0.6) is 0 Å². The van der Waals surface area contributed by atoms with Gasteiger partial charge in [0, 0.05) is 23.4 Å². The molecule has 0 bridgehead atoms. The van der Waals surface area contributed by atoms with E-state index in [2.05, 4.69) is 15.5 Å². The van der Waals surface area contributed by atoms with Crippen LogP contribution in [0.3, 0.4) is 0 Å². The fourth-order valence-electron chi connectivity index (χ4n) is 3.93. The van der Waals surface area contributed by atoms with E-state index in [1.165, 1.54) is 6.92 Å². The van der Waals surface area contributed by atoms with Crippen molar-refractivity contribution in [3.05, 3.63) is 28.9 Å². The number of carbonyl (C=O) groups is 1. The van der Waals surface area contributed by atoms with E-state index < -0.39 is 5.60 Å². The van der Waals surface area contributed by atoms with Crippen LogP contribution in [0, 0.1) is 11.8 Å². The van der Waals surface area contributed by atoms with Crippen molar-refractivity contribution in [1.82, 2.24) is 15.5 Å². The Kier molecular flexibility index (Phi) is 2.63. The van der Waals surface area contributed by atoms with Gasteiger partial charge in [-0.3, -0.25) is 9.89 Å². The van der Waals surface area contributed by atoms with Crippen LogP contribution in [-0.2, 0) is 10.4 Å². The summed E-state index contributed by atoms with van der Waals surface area (Å²) in [7, 11) is 0. The molecule has 2 aliphatic carbocycles. The van der Waals surface area contributed by atoms with Crippen molar-refractivity contribution < 1.29 is 9.90 Å². The molecule has 0 spiro atoms. The number of carbonyl (C=O) groups excluding carboxylic acids is 1. The minimum absolute atomic E-state index is 0.00193. The number of halogens is 1. The minimum atomic E-state index is -0.878. The Balaban J connectivity index is 1.65. The molecule has 2 saturated carbocycles. The molecule has 6 heteroatoms. The zero-order valence-corrected chi connectivity index (χ0v) is 12.3. The molecule has 5 nitrogen and oxygen atoms in total. The zero-order chi connectivity index (χ0) is 14.8. The molecule has 2 aliphatic rings. The third-order valence-electron chi connectivity index (χ3n) is 4.87. The monoisotopic (exact) mass is 305 g/mol. The summed E-state index contributed by atoms with van der Waals surface area (Å²) in [5, 5.41) is 22.4. The van der Waals surface area contributed by atoms with Crippen LogP contribution in [0.4, 0.5) is 0 Å². The number of rotatable bonds is 2. The standard InChI is InChI=1S/C15H16ClN3O2/c1-7(20)18-14-9-4-15(21,5-10(9)14)12-2-8(16)3-13-11(12)6-17-19-13/h2-3,6,9-10,14,21H,4-5H2,1H3,(H,17,19)(H,18,20)/t9-,10+,14+,15+. The lowest BCUT2D eigenvalue weighted by molar-refractivity contribution is -0.119. The van der Waals surface area contributed by atoms with Crippen LogP contribution < -0.4 is 5.32 Å². The van der Waals surface area contributed by atoms with Crippen molar-refractivity contribution in [3.8, 4) is 0 Å². The second-order valence-electron chi connectivity index (χ2n) is 6.28. The van der Waals surface area contributed by atoms with Gasteiger partial charge in [0.15, 0.2) is 0 Å². The number of aromatic amines is 1. The first-order chi connectivity index (χ1) is 9.98. The third-order valence-corrected chi connectivity index (χ3v) is 5.09. The van der Waals surface area contributed by atoms with Crippen LogP contribution >= 0.6 is 11.6 Å². The van der Waals surface area contributed by atoms with Gasteiger partial charge >= 0.3 is 0 Å². The Labute approximate surface area is 126 Å². The molecule has 1 heterocycles. The van der Waals surface area contributed by atoms with Crippen LogP contribution in [0.1, 0.15) is 25.3 Å². The highest BCUT2D eigenvalue weighted by Gasteiger charge is 2.62. The largest absolute Gasteiger partial charge is 0.385 e. The Hall–Kier alpha value is -1.59. The Bertz CT molecular complexity index is 730. The van der Waals surface area contributed by atoms with Gasteiger partial charge in [0.05, 0.1) is 17.3 Å². The first-order valence-electron chi connectivity index (χ1n) is 7.10. The molecule has 3 N–H and O–H groups in total. The lowest BCUT2D eigenvalue weighted by atomic mass is 9.86. The van der Waals surface area contributed by atoms with Gasteiger partial charge in [0.25, 0.3) is 0 Å². The van der Waals surface area contributed by atoms with E-state index in [1.54, 1.807) is 6.20 Å². The lowest BCUT2D eigenvalue weighted by Gasteiger charge is -2.27. The fraction of sp³-hybridized carbons (Fsp3) is 0.467. The quantitative estimate of drug-likeness (QED) is 0.793. The molecule has 4 rings (SSSR count). The minimum Gasteiger partial charge on any atom is -0.385 e. The summed E-state index contributed by atoms with van der Waals surface area (Å²) in [6.45, 7) is 1.53. The SMILES string of the molecule is CC(=O)N[C@H]1[C@@H]2C[C@@](O)(c3cc(Cl)cc4[nH]ncc34)C[C@@H]21. The molecule has 0 saturated heterocycles. The van der Waals surface area contributed by atoms with Crippen molar-refractivity contribution in [2.45, 2.75) is 31.4 Å². The van der Waals surface area contributed by atoms with Crippen LogP contribution in [0.15, 0.2) is 18.3 Å². The van der Waals surface area contributed by atoms with E-state index in [4.69, 9.17) is 11.6 Å². The van der Waals surface area contributed by atoms with Gasteiger partial charge in [-0.05, 0) is 42.4 Å². The first-order valence-corrected chi connectivity index (χ1v) is 7.48. The number of hydrogen-bond acceptors (Lipinski definition) is 3. The van der Waals surface area contributed by atoms with Gasteiger partial charge < -0.3 is 10.4 Å². The predicted molar refractivity (Wildman–Crippen MR) is 78.8 cm³/mol. The molecule has 21 heavy (non-hydrogen) atoms. The second kappa shape index (κ2) is 4.21. The number of hydrogen-bond donors (Lipinski definition) is 3. The summed E-state index contributed by atoms with van der Waals surface area (Å²) >= 11 is 6.15. The van der Waals surface area contributed by atoms with Crippen molar-refractivity contribution in [3.63, 3.8) is 0 Å². The molecule has 1 aromatic carbocycles. The van der Waals surface area contributed by atoms with Gasteiger partial charge in [-0.2, -0.15) is 5.10 Å². The fourth-order valence-corrected chi connectivity index (χ4v) is 4.15. The molecule has 1 aromatic heterocycles. The molecular weight excluding hydrogens is 290 g/mol. The normalized spacial score (nSPS) is 34.0. The number of H-pyrrole nitrogens is 1. The van der Waals surface area contributed by atoms with Crippen LogP contribution in [0.25, 0.3) is 10.9 Å². The number of aromatic nitrogens is 2. The molecular formula is C15H16ClN3O2. The lowest BCUT2D eigenvalue weighted by Crippen LogP contribution is -2.32. The molecule has 1 amide bonds. The van der Waals surface area contributed by atoms with Crippen molar-refractivity contribution in [2.24, 2.45) is 11.8 Å². The molecule has 2 aromatic rings. The molecule has 0 radical (unpaired) electrons. The van der Waals surface area contributed by atoms with Crippen molar-refractivity contribution >= 4 is 28.4 Å². The average Bonchev–Trinajstić information content (AvgIpc) is 2.83. The highest BCUT2D eigenvalue weighted by Crippen LogP contribution is 2.60. The maximum absolute atomic E-state index is 11.1. The number of benzene rings is 1. The van der Waals surface area contributed by atoms with Crippen molar-refractivity contribution in [2.75, 3.05) is 0 Å². The van der Waals surface area contributed by atoms with Gasteiger partial charge in [0.1, 0.15) is 0 Å². The zero-order valence-electron chi connectivity index (χ0n) is 11.6. The van der Waals surface area contributed by atoms with E-state index in [9.17, 15) is 9.90 Å². The summed E-state index contributed by atoms with van der Waals surface area (Å²) in [6.07, 6.45) is 3.04. The van der Waals surface area contributed by atoms with Gasteiger partial charge in [-0.25, -0.2) is 0 Å². The average molecular weight is 306 g/mol. The van der Waals surface area contributed by atoms with Crippen LogP contribution in [0.2, 0.25) is 5.02 Å². The summed E-state index contributed by atoms with van der Waals surface area (Å²) in [5.41, 5.74) is 0.801. The number of amides is 1. The van der Waals surface area contributed by atoms with Gasteiger partial charge in [0.2, 0.25) is 5.91 Å². The maximum atomic E-state index is 11.1. The molecule has 4 atom stereocenters. The molecule has 2 fully saturated rings. The van der Waals surface area contributed by atoms with Crippen molar-refractivity contribution in [1.29, 1.82) is 0 Å². The number of aliphatic hydroxyl groups is 1. The summed E-state index contributed by atoms with van der Waals surface area (Å²) in [6, 6.07) is 3.87. The van der Waals surface area contributed by atoms with E-state index in [0.29, 0.717) is 29.7 Å². The topological polar surface area (TPSA) is 78.0 Å². The van der Waals surface area contributed by atoms with Gasteiger partial charge in [-0.15, -0.1) is 0 Å². The molecule has 0 unspecified atom stereocenters. The summed E-state index contributed by atoms with van der Waals surface area (Å²) in [4.78, 5) is 11.1. The Morgan fingerprint density at radius 3 is 2.86 bits per heavy atom. The highest BCUT2D eigenvalue weighted by molar-refractivity contribution is 6.31. The Morgan fingerprint density at radius 1 is 1.48 bits per heavy atom. The highest BCUT2D eigenvalue weighted by atomic mass is 35.5. The maximum Gasteiger partial charge on any atom is 0.217 e. The number of nitrogens with zero attached hydrogens (tertiary/aromatic N) is 1. The van der Waals surface area contributed by atoms with Crippen LogP contribution in [-0.4, -0.2) is 27.3 Å². The van der Waals surface area contributed by atoms with E-state index >= 15 is 0 Å². The van der Waals surface area contributed by atoms with Gasteiger partial charge in [-0.1, -0.05) is 11.6 Å². The van der Waals surface area contributed by atoms with E-state index in [0.717, 1.165) is 16.5 Å². The first kappa shape index (κ1) is 13.1. The third kappa shape index (κ3) is 1.95. The van der Waals surface area contributed by atoms with E-state index in [-0.39, 0.29) is 11.9 Å². The smallest absolute Gasteiger partial charge is 0.217 e. The second-order valence-corrected chi connectivity index (χ2v) is 6.71. The molecule has 0 aliphatic heterocycles. The number of fused-ring (bicyclic) bond motifs is 2. The summed E-state index contributed by atoms with van der Waals surface area (Å²) < 4.78 is 0. The Morgan fingerprint density at radius 2 is 2.19 bits per heavy atom. The summed E-state index contributed by atoms with van der Waals surface area (Å²) in [5.74, 6) is 0.720. The van der Waals surface area contributed by atoms with E-state index in [1.807, 2.05) is 12.1 Å². The molecule has 110 valence electrons. The predicted octanol–water partition coefficient (Wildman–Crippen LogP) is 1.95.